The van der Waals surface area contributed by atoms with Crippen molar-refractivity contribution in [1.29, 1.82) is 5.26 Å². The summed E-state index contributed by atoms with van der Waals surface area (Å²) in [6.45, 7) is 0.244. The summed E-state index contributed by atoms with van der Waals surface area (Å²) in [6, 6.07) is 16.1. The number of anilines is 1. The highest BCUT2D eigenvalue weighted by Crippen LogP contribution is 2.16. The molecule has 2 aromatic rings. The molecule has 0 heterocycles. The number of hydrogen-bond acceptors (Lipinski definition) is 3. The van der Waals surface area contributed by atoms with E-state index in [0.717, 1.165) is 11.1 Å². The summed E-state index contributed by atoms with van der Waals surface area (Å²) in [5.41, 5.74) is 2.21. The summed E-state index contributed by atoms with van der Waals surface area (Å²) in [5, 5.41) is 14.6. The van der Waals surface area contributed by atoms with Gasteiger partial charge in [-0.3, -0.25) is 9.59 Å². The molecule has 0 bridgehead atoms. The van der Waals surface area contributed by atoms with E-state index in [1.165, 1.54) is 0 Å². The zero-order valence-corrected chi connectivity index (χ0v) is 13.6. The van der Waals surface area contributed by atoms with Gasteiger partial charge in [0.05, 0.1) is 12.5 Å². The first kappa shape index (κ1) is 17.5. The maximum atomic E-state index is 12.2. The van der Waals surface area contributed by atoms with Gasteiger partial charge in [-0.05, 0) is 29.3 Å². The van der Waals surface area contributed by atoms with Crippen molar-refractivity contribution in [2.45, 2.75) is 19.4 Å². The Labute approximate surface area is 145 Å². The highest BCUT2D eigenvalue weighted by molar-refractivity contribution is 6.30. The molecule has 0 aromatic heterocycles. The Hall–Kier alpha value is -2.84. The smallest absolute Gasteiger partial charge is 0.234 e. The first-order chi connectivity index (χ1) is 11.6. The minimum absolute atomic E-state index is 0.173. The Bertz CT molecular complexity index is 784. The van der Waals surface area contributed by atoms with Crippen LogP contribution in [0.3, 0.4) is 0 Å². The van der Waals surface area contributed by atoms with Gasteiger partial charge < -0.3 is 10.6 Å². The Morgan fingerprint density at radius 2 is 1.88 bits per heavy atom. The second kappa shape index (κ2) is 8.70. The lowest BCUT2D eigenvalue weighted by Crippen LogP contribution is -2.23. The van der Waals surface area contributed by atoms with E-state index in [9.17, 15) is 9.59 Å². The lowest BCUT2D eigenvalue weighted by Gasteiger charge is -2.11. The van der Waals surface area contributed by atoms with Crippen LogP contribution in [0.25, 0.3) is 0 Å². The monoisotopic (exact) mass is 341 g/mol. The van der Waals surface area contributed by atoms with Crippen LogP contribution >= 0.6 is 11.6 Å². The fraction of sp³-hybridized carbons (Fsp3) is 0.167. The first-order valence-corrected chi connectivity index (χ1v) is 7.72. The van der Waals surface area contributed by atoms with E-state index >= 15 is 0 Å². The molecule has 0 aliphatic heterocycles. The molecule has 0 unspecified atom stereocenters. The van der Waals surface area contributed by atoms with Gasteiger partial charge in [-0.1, -0.05) is 41.9 Å². The van der Waals surface area contributed by atoms with E-state index in [1.807, 2.05) is 18.2 Å². The number of amides is 2. The maximum Gasteiger partial charge on any atom is 0.234 e. The lowest BCUT2D eigenvalue weighted by atomic mass is 10.1. The van der Waals surface area contributed by atoms with Crippen molar-refractivity contribution in [3.05, 3.63) is 64.7 Å². The third kappa shape index (κ3) is 5.41. The Morgan fingerprint density at radius 3 is 2.62 bits per heavy atom. The van der Waals surface area contributed by atoms with Gasteiger partial charge >= 0.3 is 0 Å². The summed E-state index contributed by atoms with van der Waals surface area (Å²) < 4.78 is 0. The average molecular weight is 342 g/mol. The van der Waals surface area contributed by atoms with Crippen molar-refractivity contribution in [1.82, 2.24) is 5.32 Å². The zero-order valence-electron chi connectivity index (χ0n) is 12.9. The summed E-state index contributed by atoms with van der Waals surface area (Å²) >= 11 is 5.92. The number of benzene rings is 2. The summed E-state index contributed by atoms with van der Waals surface area (Å²) in [6.07, 6.45) is 0.0129. The third-order valence-electron chi connectivity index (χ3n) is 3.26. The van der Waals surface area contributed by atoms with Gasteiger partial charge in [-0.2, -0.15) is 5.26 Å². The first-order valence-electron chi connectivity index (χ1n) is 7.34. The molecule has 5 nitrogen and oxygen atoms in total. The molecule has 0 fully saturated rings. The fourth-order valence-corrected chi connectivity index (χ4v) is 2.36. The van der Waals surface area contributed by atoms with Gasteiger partial charge in [0, 0.05) is 17.3 Å². The number of nitriles is 1. The van der Waals surface area contributed by atoms with Crippen LogP contribution in [0.1, 0.15) is 17.5 Å². The molecule has 0 spiro atoms. The minimum atomic E-state index is -0.349. The van der Waals surface area contributed by atoms with E-state index < -0.39 is 0 Å². The average Bonchev–Trinajstić information content (AvgIpc) is 2.54. The Kier molecular flexibility index (Phi) is 6.35. The van der Waals surface area contributed by atoms with Crippen molar-refractivity contribution < 1.29 is 9.59 Å². The number of nitrogens with one attached hydrogen (secondary N) is 2. The molecular weight excluding hydrogens is 326 g/mol. The molecule has 2 aromatic carbocycles. The van der Waals surface area contributed by atoms with Crippen LogP contribution in [-0.2, 0) is 22.6 Å². The molecule has 2 amide bonds. The Morgan fingerprint density at radius 1 is 1.08 bits per heavy atom. The predicted molar refractivity (Wildman–Crippen MR) is 92.3 cm³/mol. The highest BCUT2D eigenvalue weighted by Gasteiger charge is 2.09. The minimum Gasteiger partial charge on any atom is -0.351 e. The van der Waals surface area contributed by atoms with Crippen LogP contribution in [0, 0.1) is 11.3 Å². The van der Waals surface area contributed by atoms with E-state index in [0.29, 0.717) is 10.7 Å². The van der Waals surface area contributed by atoms with Crippen molar-refractivity contribution >= 4 is 29.1 Å². The van der Waals surface area contributed by atoms with Gasteiger partial charge in [-0.25, -0.2) is 0 Å². The molecule has 0 saturated heterocycles. The predicted octanol–water partition coefficient (Wildman–Crippen LogP) is 3.05. The van der Waals surface area contributed by atoms with E-state index in [4.69, 9.17) is 16.9 Å². The summed E-state index contributed by atoms with van der Waals surface area (Å²) in [7, 11) is 0. The van der Waals surface area contributed by atoms with Crippen LogP contribution in [0.15, 0.2) is 48.5 Å². The third-order valence-corrected chi connectivity index (χ3v) is 3.50. The highest BCUT2D eigenvalue weighted by atomic mass is 35.5. The summed E-state index contributed by atoms with van der Waals surface area (Å²) in [4.78, 5) is 23.6. The van der Waals surface area contributed by atoms with E-state index in [2.05, 4.69) is 10.6 Å². The van der Waals surface area contributed by atoms with Crippen LogP contribution in [-0.4, -0.2) is 11.8 Å². The number of halogens is 1. The van der Waals surface area contributed by atoms with Crippen molar-refractivity contribution in [3.8, 4) is 6.07 Å². The van der Waals surface area contributed by atoms with E-state index in [-0.39, 0.29) is 31.2 Å². The van der Waals surface area contributed by atoms with Gasteiger partial charge in [-0.15, -0.1) is 0 Å². The van der Waals surface area contributed by atoms with Gasteiger partial charge in [0.1, 0.15) is 6.42 Å². The molecule has 0 aliphatic carbocycles. The molecule has 0 aliphatic rings. The largest absolute Gasteiger partial charge is 0.351 e. The van der Waals surface area contributed by atoms with Gasteiger partial charge in [0.15, 0.2) is 0 Å². The SMILES string of the molecule is N#CCC(=O)NCc1ccccc1NC(=O)Cc1cccc(Cl)c1. The molecule has 122 valence electrons. The second-order valence-electron chi connectivity index (χ2n) is 5.12. The molecule has 0 radical (unpaired) electrons. The molecule has 24 heavy (non-hydrogen) atoms. The summed E-state index contributed by atoms with van der Waals surface area (Å²) in [5.74, 6) is -0.523. The maximum absolute atomic E-state index is 12.2. The molecule has 0 saturated carbocycles. The van der Waals surface area contributed by atoms with Crippen LogP contribution < -0.4 is 10.6 Å². The number of hydrogen-bond donors (Lipinski definition) is 2. The van der Waals surface area contributed by atoms with E-state index in [1.54, 1.807) is 36.4 Å². The topological polar surface area (TPSA) is 82.0 Å². The van der Waals surface area contributed by atoms with Crippen LogP contribution in [0.2, 0.25) is 5.02 Å². The second-order valence-corrected chi connectivity index (χ2v) is 5.56. The van der Waals surface area contributed by atoms with Gasteiger partial charge in [0.2, 0.25) is 11.8 Å². The fourth-order valence-electron chi connectivity index (χ4n) is 2.15. The Balaban J connectivity index is 2.00. The number of carbonyl (C=O) groups is 2. The quantitative estimate of drug-likeness (QED) is 0.847. The lowest BCUT2D eigenvalue weighted by molar-refractivity contribution is -0.120. The number of rotatable bonds is 6. The molecule has 6 heteroatoms. The standard InChI is InChI=1S/C18H16ClN3O2/c19-15-6-3-4-13(10-15)11-18(24)22-16-7-2-1-5-14(16)12-21-17(23)8-9-20/h1-7,10H,8,11-12H2,(H,21,23)(H,22,24). The normalized spacial score (nSPS) is 9.83. The number of para-hydroxylation sites is 1. The van der Waals surface area contributed by atoms with Gasteiger partial charge in [0.25, 0.3) is 0 Å². The van der Waals surface area contributed by atoms with Crippen molar-refractivity contribution in [3.63, 3.8) is 0 Å². The molecule has 2 rings (SSSR count). The van der Waals surface area contributed by atoms with Crippen molar-refractivity contribution in [2.75, 3.05) is 5.32 Å². The molecule has 0 atom stereocenters. The molecular formula is C18H16ClN3O2. The number of nitrogens with zero attached hydrogens (tertiary/aromatic N) is 1. The van der Waals surface area contributed by atoms with Crippen LogP contribution in [0.4, 0.5) is 5.69 Å². The zero-order chi connectivity index (χ0) is 17.4. The van der Waals surface area contributed by atoms with Crippen molar-refractivity contribution in [2.24, 2.45) is 0 Å². The van der Waals surface area contributed by atoms with Crippen LogP contribution in [0.5, 0.6) is 0 Å². The molecule has 2 N–H and O–H groups in total. The number of carbonyl (C=O) groups excluding carboxylic acids is 2.